The zero-order valence-corrected chi connectivity index (χ0v) is 17.9. The molecule has 166 valence electrons. The molecule has 0 saturated carbocycles. The molecule has 10 heteroatoms. The van der Waals surface area contributed by atoms with Crippen molar-refractivity contribution in [3.8, 4) is 0 Å². The van der Waals surface area contributed by atoms with Gasteiger partial charge in [-0.15, -0.1) is 0 Å². The number of halogens is 3. The number of allylic oxidation sites excluding steroid dienone is 2. The Hall–Kier alpha value is -3.85. The molecule has 7 nitrogen and oxygen atoms in total. The molecule has 0 aliphatic rings. The zero-order valence-electron chi connectivity index (χ0n) is 17.1. The first-order chi connectivity index (χ1) is 15.3. The summed E-state index contributed by atoms with van der Waals surface area (Å²) in [7, 11) is 0. The highest BCUT2D eigenvalue weighted by Gasteiger charge is 2.17. The predicted octanol–water partition coefficient (Wildman–Crippen LogP) is 4.29. The first-order valence-corrected chi connectivity index (χ1v) is 9.64. The van der Waals surface area contributed by atoms with E-state index in [9.17, 15) is 13.6 Å². The molecular weight excluding hydrogens is 438 g/mol. The van der Waals surface area contributed by atoms with Crippen LogP contribution >= 0.6 is 11.6 Å². The van der Waals surface area contributed by atoms with Crippen LogP contribution in [-0.4, -0.2) is 28.1 Å². The molecule has 5 N–H and O–H groups in total. The summed E-state index contributed by atoms with van der Waals surface area (Å²) >= 11 is 5.83. The monoisotopic (exact) mass is 458 g/mol. The second-order valence-electron chi connectivity index (χ2n) is 6.32. The van der Waals surface area contributed by atoms with Gasteiger partial charge in [-0.2, -0.15) is 0 Å². The van der Waals surface area contributed by atoms with E-state index in [1.54, 1.807) is 19.1 Å². The number of hydrogen-bond donors (Lipinski definition) is 4. The fourth-order valence-corrected chi connectivity index (χ4v) is 2.80. The van der Waals surface area contributed by atoms with Crippen LogP contribution in [0.5, 0.6) is 0 Å². The number of nitrogens with two attached hydrogens (primary N) is 1. The number of nitrogens with zero attached hydrogens (tertiary/aromatic N) is 2. The van der Waals surface area contributed by atoms with Crippen LogP contribution < -0.4 is 16.4 Å². The summed E-state index contributed by atoms with van der Waals surface area (Å²) in [5.74, 6) is -0.901. The van der Waals surface area contributed by atoms with E-state index in [4.69, 9.17) is 22.7 Å². The standard InChI is InChI=1S/C22H21ClF2N6O/c1-3-5-13(8-15(10-24)31-18(32)4-2)11-28-22-19(21(27)29-12-30-22)20(26)14-6-7-17(25)16(23)9-14/h3-10,12,26H,2,11H2,1H3,(H,31,32)(H3,27,28,29,30)/b5-3-,13-8+,15-10-,26-20?. The minimum absolute atomic E-state index is 0.0344. The van der Waals surface area contributed by atoms with Crippen LogP contribution in [-0.2, 0) is 4.79 Å². The molecule has 0 atom stereocenters. The van der Waals surface area contributed by atoms with E-state index in [0.29, 0.717) is 11.1 Å². The van der Waals surface area contributed by atoms with Gasteiger partial charge in [0.1, 0.15) is 30.1 Å². The Labute approximate surface area is 188 Å². The lowest BCUT2D eigenvalue weighted by molar-refractivity contribution is -0.115. The van der Waals surface area contributed by atoms with Gasteiger partial charge in [0.05, 0.1) is 22.0 Å². The molecule has 1 amide bonds. The molecule has 0 aliphatic carbocycles. The summed E-state index contributed by atoms with van der Waals surface area (Å²) in [5, 5.41) is 13.7. The van der Waals surface area contributed by atoms with Gasteiger partial charge >= 0.3 is 0 Å². The molecule has 1 aromatic carbocycles. The van der Waals surface area contributed by atoms with E-state index >= 15 is 0 Å². The number of benzene rings is 1. The van der Waals surface area contributed by atoms with Gasteiger partial charge in [-0.05, 0) is 42.8 Å². The molecule has 2 rings (SSSR count). The lowest BCUT2D eigenvalue weighted by Crippen LogP contribution is -2.19. The summed E-state index contributed by atoms with van der Waals surface area (Å²) in [6.45, 7) is 5.25. The Morgan fingerprint density at radius 2 is 2.12 bits per heavy atom. The number of nitrogen functional groups attached to an aromatic ring is 1. The van der Waals surface area contributed by atoms with Gasteiger partial charge in [0, 0.05) is 12.1 Å². The normalized spacial score (nSPS) is 12.0. The van der Waals surface area contributed by atoms with Gasteiger partial charge in [-0.1, -0.05) is 30.3 Å². The molecule has 0 saturated heterocycles. The van der Waals surface area contributed by atoms with E-state index in [2.05, 4.69) is 27.2 Å². The number of carbonyl (C=O) groups is 1. The SMILES string of the molecule is C=CC(=O)NC(=C\F)/C=C(\C=C/C)CNc1ncnc(N)c1C(=N)c1ccc(F)c(Cl)c1. The van der Waals surface area contributed by atoms with E-state index in [0.717, 1.165) is 12.1 Å². The van der Waals surface area contributed by atoms with E-state index in [1.807, 2.05) is 0 Å². The number of anilines is 2. The largest absolute Gasteiger partial charge is 0.383 e. The molecule has 0 aliphatic heterocycles. The second-order valence-corrected chi connectivity index (χ2v) is 6.72. The van der Waals surface area contributed by atoms with Gasteiger partial charge in [-0.3, -0.25) is 10.2 Å². The highest BCUT2D eigenvalue weighted by molar-refractivity contribution is 6.31. The first kappa shape index (κ1) is 24.4. The van der Waals surface area contributed by atoms with Gasteiger partial charge < -0.3 is 16.4 Å². The molecular formula is C22H21ClF2N6O. The second kappa shape index (κ2) is 11.5. The third kappa shape index (κ3) is 6.32. The Bertz CT molecular complexity index is 1130. The van der Waals surface area contributed by atoms with Crippen LogP contribution in [0.2, 0.25) is 5.02 Å². The quantitative estimate of drug-likeness (QED) is 0.254. The Morgan fingerprint density at radius 3 is 2.75 bits per heavy atom. The number of nitrogens with one attached hydrogen (secondary N) is 3. The third-order valence-electron chi connectivity index (χ3n) is 4.09. The fourth-order valence-electron chi connectivity index (χ4n) is 2.62. The molecule has 1 aromatic heterocycles. The Balaban J connectivity index is 2.34. The Morgan fingerprint density at radius 1 is 1.38 bits per heavy atom. The molecule has 1 heterocycles. The molecule has 0 spiro atoms. The van der Waals surface area contributed by atoms with Crippen molar-refractivity contribution in [2.75, 3.05) is 17.6 Å². The average Bonchev–Trinajstić information content (AvgIpc) is 2.78. The van der Waals surface area contributed by atoms with Crippen LogP contribution in [0.4, 0.5) is 20.4 Å². The first-order valence-electron chi connectivity index (χ1n) is 9.26. The maximum absolute atomic E-state index is 13.5. The molecule has 0 bridgehead atoms. The van der Waals surface area contributed by atoms with Crippen LogP contribution in [0.3, 0.4) is 0 Å². The van der Waals surface area contributed by atoms with Crippen LogP contribution in [0.1, 0.15) is 18.1 Å². The van der Waals surface area contributed by atoms with Crippen LogP contribution in [0.25, 0.3) is 0 Å². The van der Waals surface area contributed by atoms with Gasteiger partial charge in [0.2, 0.25) is 5.91 Å². The van der Waals surface area contributed by atoms with Crippen molar-refractivity contribution in [3.63, 3.8) is 0 Å². The molecule has 2 aromatic rings. The number of aromatic nitrogens is 2. The van der Waals surface area contributed by atoms with Crippen molar-refractivity contribution in [1.82, 2.24) is 15.3 Å². The number of hydrogen-bond acceptors (Lipinski definition) is 6. The maximum atomic E-state index is 13.5. The maximum Gasteiger partial charge on any atom is 0.247 e. The Kier molecular flexibility index (Phi) is 8.79. The number of amides is 1. The van der Waals surface area contributed by atoms with Crippen molar-refractivity contribution >= 4 is 34.9 Å². The van der Waals surface area contributed by atoms with Crippen molar-refractivity contribution < 1.29 is 13.6 Å². The van der Waals surface area contributed by atoms with Gasteiger partial charge in [0.25, 0.3) is 0 Å². The lowest BCUT2D eigenvalue weighted by atomic mass is 10.0. The summed E-state index contributed by atoms with van der Waals surface area (Å²) in [6.07, 6.45) is 7.36. The summed E-state index contributed by atoms with van der Waals surface area (Å²) in [4.78, 5) is 19.5. The highest BCUT2D eigenvalue weighted by Crippen LogP contribution is 2.24. The topological polar surface area (TPSA) is 117 Å². The number of rotatable bonds is 9. The summed E-state index contributed by atoms with van der Waals surface area (Å²) < 4.78 is 26.7. The van der Waals surface area contributed by atoms with Crippen molar-refractivity contribution in [2.24, 2.45) is 0 Å². The molecule has 0 fully saturated rings. The van der Waals surface area contributed by atoms with Crippen LogP contribution in [0, 0.1) is 11.2 Å². The van der Waals surface area contributed by atoms with Gasteiger partial charge in [-0.25, -0.2) is 18.7 Å². The van der Waals surface area contributed by atoms with Gasteiger partial charge in [0.15, 0.2) is 0 Å². The minimum Gasteiger partial charge on any atom is -0.383 e. The van der Waals surface area contributed by atoms with Crippen LogP contribution in [0.15, 0.2) is 73.0 Å². The zero-order chi connectivity index (χ0) is 23.7. The lowest BCUT2D eigenvalue weighted by Gasteiger charge is -2.14. The van der Waals surface area contributed by atoms with Crippen molar-refractivity contribution in [1.29, 1.82) is 5.41 Å². The van der Waals surface area contributed by atoms with E-state index in [-0.39, 0.29) is 46.5 Å². The van der Waals surface area contributed by atoms with Crippen molar-refractivity contribution in [3.05, 3.63) is 95.0 Å². The minimum atomic E-state index is -0.611. The summed E-state index contributed by atoms with van der Waals surface area (Å²) in [6, 6.07) is 3.85. The summed E-state index contributed by atoms with van der Waals surface area (Å²) in [5.41, 5.74) is 6.94. The molecule has 0 radical (unpaired) electrons. The number of carbonyl (C=O) groups excluding carboxylic acids is 1. The van der Waals surface area contributed by atoms with E-state index < -0.39 is 11.7 Å². The predicted molar refractivity (Wildman–Crippen MR) is 123 cm³/mol. The van der Waals surface area contributed by atoms with E-state index in [1.165, 1.54) is 24.5 Å². The average molecular weight is 459 g/mol. The third-order valence-corrected chi connectivity index (χ3v) is 4.38. The van der Waals surface area contributed by atoms with Crippen molar-refractivity contribution in [2.45, 2.75) is 6.92 Å². The fraction of sp³-hybridized carbons (Fsp3) is 0.0909. The smallest absolute Gasteiger partial charge is 0.247 e. The molecule has 0 unspecified atom stereocenters. The molecule has 32 heavy (non-hydrogen) atoms. The highest BCUT2D eigenvalue weighted by atomic mass is 35.5.